The molecule has 4 rings (SSSR count). The quantitative estimate of drug-likeness (QED) is 0.902. The van der Waals surface area contributed by atoms with Gasteiger partial charge in [-0.25, -0.2) is 9.97 Å². The molecule has 2 aliphatic heterocycles. The number of halogens is 2. The first kappa shape index (κ1) is 16.3. The maximum atomic E-state index is 6.32. The van der Waals surface area contributed by atoms with Crippen LogP contribution in [0.25, 0.3) is 0 Å². The maximum Gasteiger partial charge on any atom is 0.145 e. The van der Waals surface area contributed by atoms with Crippen LogP contribution in [-0.2, 0) is 19.5 Å². The zero-order valence-electron chi connectivity index (χ0n) is 13.4. The van der Waals surface area contributed by atoms with Crippen LogP contribution in [-0.4, -0.2) is 28.0 Å². The highest BCUT2D eigenvalue weighted by Gasteiger charge is 2.23. The van der Waals surface area contributed by atoms with Gasteiger partial charge in [0.2, 0.25) is 0 Å². The summed E-state index contributed by atoms with van der Waals surface area (Å²) in [5.41, 5.74) is 3.49. The Bertz CT molecular complexity index is 744. The van der Waals surface area contributed by atoms with Crippen molar-refractivity contribution < 1.29 is 0 Å². The highest BCUT2D eigenvalue weighted by atomic mass is 35.5. The Morgan fingerprint density at radius 1 is 1.29 bits per heavy atom. The van der Waals surface area contributed by atoms with Crippen molar-refractivity contribution >= 4 is 23.2 Å². The minimum Gasteiger partial charge on any atom is -0.307 e. The average Bonchev–Trinajstić information content (AvgIpc) is 3.13. The zero-order valence-corrected chi connectivity index (χ0v) is 14.9. The molecule has 0 saturated carbocycles. The molecule has 1 saturated heterocycles. The Balaban J connectivity index is 1.48. The van der Waals surface area contributed by atoms with Gasteiger partial charge in [-0.05, 0) is 31.0 Å². The summed E-state index contributed by atoms with van der Waals surface area (Å²) in [7, 11) is 0. The van der Waals surface area contributed by atoms with E-state index in [0.29, 0.717) is 16.1 Å². The van der Waals surface area contributed by atoms with Gasteiger partial charge in [0.25, 0.3) is 0 Å². The number of fused-ring (bicyclic) bond motifs is 1. The lowest BCUT2D eigenvalue weighted by molar-refractivity contribution is 0.242. The number of benzene rings is 1. The third kappa shape index (κ3) is 3.29. The fraction of sp³-hybridized carbons (Fsp3) is 0.444. The molecule has 0 amide bonds. The topological polar surface area (TPSA) is 41.1 Å². The van der Waals surface area contributed by atoms with Gasteiger partial charge in [0.15, 0.2) is 0 Å². The summed E-state index contributed by atoms with van der Waals surface area (Å²) in [5.74, 6) is 0.956. The highest BCUT2D eigenvalue weighted by Crippen LogP contribution is 2.28. The third-order valence-corrected chi connectivity index (χ3v) is 5.69. The van der Waals surface area contributed by atoms with Crippen LogP contribution < -0.4 is 5.32 Å². The molecule has 126 valence electrons. The van der Waals surface area contributed by atoms with Gasteiger partial charge in [0.05, 0.1) is 16.1 Å². The summed E-state index contributed by atoms with van der Waals surface area (Å²) in [6.45, 7) is 3.70. The molecule has 1 N–H and O–H groups in total. The molecule has 1 atom stereocenters. The second-order valence-electron chi connectivity index (χ2n) is 6.52. The summed E-state index contributed by atoms with van der Waals surface area (Å²) in [5, 5.41) is 4.74. The second-order valence-corrected chi connectivity index (χ2v) is 7.31. The maximum absolute atomic E-state index is 6.32. The molecule has 0 spiro atoms. The van der Waals surface area contributed by atoms with Crippen molar-refractivity contribution in [3.63, 3.8) is 0 Å². The number of hydrogen-bond donors (Lipinski definition) is 1. The van der Waals surface area contributed by atoms with E-state index in [4.69, 9.17) is 28.2 Å². The summed E-state index contributed by atoms with van der Waals surface area (Å²) < 4.78 is 0. The van der Waals surface area contributed by atoms with E-state index in [2.05, 4.69) is 15.2 Å². The van der Waals surface area contributed by atoms with E-state index in [9.17, 15) is 0 Å². The van der Waals surface area contributed by atoms with Crippen LogP contribution in [0.1, 0.15) is 41.5 Å². The monoisotopic (exact) mass is 362 g/mol. The fourth-order valence-electron chi connectivity index (χ4n) is 3.51. The third-order valence-electron chi connectivity index (χ3n) is 4.83. The van der Waals surface area contributed by atoms with Crippen molar-refractivity contribution in [2.75, 3.05) is 13.1 Å². The standard InChI is InChI=1S/C18H20Cl2N4/c19-14-4-1-3-12(17(14)20)10-24-8-6-15-13(11-24)9-22-18(23-15)16-5-2-7-21-16/h1,3-4,9,16,21H,2,5-8,10-11H2/t16-/m0/s1. The van der Waals surface area contributed by atoms with Crippen molar-refractivity contribution in [3.8, 4) is 0 Å². The predicted octanol–water partition coefficient (Wildman–Crippen LogP) is 3.77. The van der Waals surface area contributed by atoms with E-state index >= 15 is 0 Å². The summed E-state index contributed by atoms with van der Waals surface area (Å²) in [6.07, 6.45) is 5.30. The molecule has 2 aliphatic rings. The largest absolute Gasteiger partial charge is 0.307 e. The van der Waals surface area contributed by atoms with Crippen LogP contribution in [0, 0.1) is 0 Å². The van der Waals surface area contributed by atoms with Gasteiger partial charge < -0.3 is 5.32 Å². The van der Waals surface area contributed by atoms with E-state index in [1.165, 1.54) is 17.7 Å². The van der Waals surface area contributed by atoms with Crippen LogP contribution in [0.5, 0.6) is 0 Å². The Hall–Kier alpha value is -1.20. The van der Waals surface area contributed by atoms with Crippen LogP contribution in [0.4, 0.5) is 0 Å². The average molecular weight is 363 g/mol. The molecular formula is C18H20Cl2N4. The van der Waals surface area contributed by atoms with Crippen molar-refractivity contribution in [1.29, 1.82) is 0 Å². The first-order chi connectivity index (χ1) is 11.7. The van der Waals surface area contributed by atoms with E-state index < -0.39 is 0 Å². The fourth-order valence-corrected chi connectivity index (χ4v) is 3.89. The van der Waals surface area contributed by atoms with Crippen LogP contribution in [0.2, 0.25) is 10.0 Å². The summed E-state index contributed by atoms with van der Waals surface area (Å²) >= 11 is 12.4. The first-order valence-corrected chi connectivity index (χ1v) is 9.19. The minimum absolute atomic E-state index is 0.332. The Morgan fingerprint density at radius 2 is 2.21 bits per heavy atom. The van der Waals surface area contributed by atoms with Crippen LogP contribution in [0.15, 0.2) is 24.4 Å². The van der Waals surface area contributed by atoms with Gasteiger partial charge in [-0.3, -0.25) is 4.90 Å². The van der Waals surface area contributed by atoms with Gasteiger partial charge in [0.1, 0.15) is 5.82 Å². The van der Waals surface area contributed by atoms with Crippen LogP contribution in [0.3, 0.4) is 0 Å². The number of nitrogens with one attached hydrogen (secondary N) is 1. The number of aromatic nitrogens is 2. The second kappa shape index (κ2) is 6.96. The summed E-state index contributed by atoms with van der Waals surface area (Å²) in [4.78, 5) is 11.8. The molecule has 24 heavy (non-hydrogen) atoms. The lowest BCUT2D eigenvalue weighted by Gasteiger charge is -2.28. The van der Waals surface area contributed by atoms with Gasteiger partial charge >= 0.3 is 0 Å². The van der Waals surface area contributed by atoms with Crippen molar-refractivity contribution in [1.82, 2.24) is 20.2 Å². The van der Waals surface area contributed by atoms with Crippen molar-refractivity contribution in [2.24, 2.45) is 0 Å². The van der Waals surface area contributed by atoms with Crippen LogP contribution >= 0.6 is 23.2 Å². The summed E-state index contributed by atoms with van der Waals surface area (Å²) in [6, 6.07) is 6.14. The Kier molecular flexibility index (Phi) is 4.72. The van der Waals surface area contributed by atoms with E-state index in [0.717, 1.165) is 50.4 Å². The Morgan fingerprint density at radius 3 is 3.04 bits per heavy atom. The minimum atomic E-state index is 0.332. The lowest BCUT2D eigenvalue weighted by Crippen LogP contribution is -2.31. The molecule has 0 aliphatic carbocycles. The molecule has 2 aromatic rings. The molecule has 4 nitrogen and oxygen atoms in total. The highest BCUT2D eigenvalue weighted by molar-refractivity contribution is 6.42. The molecule has 0 bridgehead atoms. The van der Waals surface area contributed by atoms with Gasteiger partial charge in [0, 0.05) is 43.5 Å². The normalized spacial score (nSPS) is 21.0. The van der Waals surface area contributed by atoms with Crippen molar-refractivity contribution in [3.05, 3.63) is 57.1 Å². The van der Waals surface area contributed by atoms with Gasteiger partial charge in [-0.2, -0.15) is 0 Å². The van der Waals surface area contributed by atoms with E-state index in [1.54, 1.807) is 0 Å². The molecule has 1 aromatic heterocycles. The lowest BCUT2D eigenvalue weighted by atomic mass is 10.1. The smallest absolute Gasteiger partial charge is 0.145 e. The van der Waals surface area contributed by atoms with Gasteiger partial charge in [-0.15, -0.1) is 0 Å². The number of nitrogens with zero attached hydrogens (tertiary/aromatic N) is 3. The van der Waals surface area contributed by atoms with E-state index in [-0.39, 0.29) is 0 Å². The first-order valence-electron chi connectivity index (χ1n) is 8.44. The zero-order chi connectivity index (χ0) is 16.5. The SMILES string of the molecule is Clc1cccc(CN2CCc3nc([C@@H]4CCCN4)ncc3C2)c1Cl. The number of rotatable bonds is 3. The molecule has 0 unspecified atom stereocenters. The van der Waals surface area contributed by atoms with E-state index in [1.807, 2.05) is 24.4 Å². The molecule has 1 aromatic carbocycles. The predicted molar refractivity (Wildman–Crippen MR) is 96.3 cm³/mol. The number of hydrogen-bond acceptors (Lipinski definition) is 4. The molecule has 1 fully saturated rings. The molecular weight excluding hydrogens is 343 g/mol. The molecule has 6 heteroatoms. The molecule has 3 heterocycles. The molecule has 0 radical (unpaired) electrons. The van der Waals surface area contributed by atoms with Gasteiger partial charge in [-0.1, -0.05) is 35.3 Å². The van der Waals surface area contributed by atoms with Crippen molar-refractivity contribution in [2.45, 2.75) is 38.4 Å². The Labute approximate surface area is 152 Å².